The highest BCUT2D eigenvalue weighted by Gasteiger charge is 2.15. The van der Waals surface area contributed by atoms with E-state index in [2.05, 4.69) is 10.3 Å². The smallest absolute Gasteiger partial charge is 0.227 e. The van der Waals surface area contributed by atoms with E-state index < -0.39 is 0 Å². The molecule has 0 aliphatic heterocycles. The monoisotopic (exact) mass is 344 g/mol. The lowest BCUT2D eigenvalue weighted by molar-refractivity contribution is 0.618. The van der Waals surface area contributed by atoms with Crippen LogP contribution in [0.1, 0.15) is 13.8 Å². The predicted octanol–water partition coefficient (Wildman–Crippen LogP) is 4.87. The molecule has 2 N–H and O–H groups in total. The van der Waals surface area contributed by atoms with Gasteiger partial charge in [-0.05, 0) is 36.2 Å². The number of fused-ring (bicyclic) bond motifs is 1. The summed E-state index contributed by atoms with van der Waals surface area (Å²) < 4.78 is 5.73. The first-order valence-electron chi connectivity index (χ1n) is 7.55. The molecule has 0 aliphatic rings. The van der Waals surface area contributed by atoms with E-state index in [4.69, 9.17) is 21.8 Å². The fraction of sp³-hybridized carbons (Fsp3) is 0.235. The molecule has 0 bridgehead atoms. The maximum Gasteiger partial charge on any atom is 0.227 e. The molecule has 0 unspecified atom stereocenters. The van der Waals surface area contributed by atoms with Gasteiger partial charge in [0.2, 0.25) is 5.89 Å². The van der Waals surface area contributed by atoms with Crippen LogP contribution in [-0.4, -0.2) is 11.5 Å². The van der Waals surface area contributed by atoms with E-state index in [1.165, 1.54) is 5.01 Å². The van der Waals surface area contributed by atoms with Gasteiger partial charge >= 0.3 is 0 Å². The zero-order valence-corrected chi connectivity index (χ0v) is 14.1. The maximum absolute atomic E-state index is 11.1. The Morgan fingerprint density at radius 1 is 1.33 bits per heavy atom. The van der Waals surface area contributed by atoms with Crippen LogP contribution in [0.15, 0.2) is 46.1 Å². The van der Waals surface area contributed by atoms with Crippen LogP contribution in [-0.2, 0) is 0 Å². The summed E-state index contributed by atoms with van der Waals surface area (Å²) in [5, 5.41) is 4.94. The molecule has 2 aromatic carbocycles. The number of benzene rings is 2. The van der Waals surface area contributed by atoms with Crippen LogP contribution >= 0.6 is 11.6 Å². The molecule has 1 aromatic heterocycles. The summed E-state index contributed by atoms with van der Waals surface area (Å²) >= 11 is 6.12. The molecule has 7 heteroatoms. The average molecular weight is 345 g/mol. The number of nitrogens with zero attached hydrogens (tertiary/aromatic N) is 3. The van der Waals surface area contributed by atoms with Crippen LogP contribution in [0.2, 0.25) is 5.02 Å². The van der Waals surface area contributed by atoms with Crippen molar-refractivity contribution in [2.24, 2.45) is 11.2 Å². The third-order valence-electron chi connectivity index (χ3n) is 3.56. The minimum atomic E-state index is 0.279. The Bertz CT molecular complexity index is 891. The molecule has 0 radical (unpaired) electrons. The molecule has 3 aromatic rings. The average Bonchev–Trinajstić information content (AvgIpc) is 2.98. The van der Waals surface area contributed by atoms with Crippen LogP contribution in [0.25, 0.3) is 22.6 Å². The van der Waals surface area contributed by atoms with E-state index in [9.17, 15) is 4.91 Å². The minimum absolute atomic E-state index is 0.279. The SMILES string of the molecule is CC(C)CN(N=O)c1ccc(-c2nc3c(Cl)cccc3o2)cc1N. The molecule has 0 fully saturated rings. The van der Waals surface area contributed by atoms with Gasteiger partial charge in [0.05, 0.1) is 21.7 Å². The van der Waals surface area contributed by atoms with Gasteiger partial charge in [-0.25, -0.2) is 9.99 Å². The van der Waals surface area contributed by atoms with Gasteiger partial charge in [-0.15, -0.1) is 4.91 Å². The summed E-state index contributed by atoms with van der Waals surface area (Å²) in [7, 11) is 0. The number of oxazole rings is 1. The van der Waals surface area contributed by atoms with Crippen molar-refractivity contribution in [1.82, 2.24) is 4.98 Å². The Hall–Kier alpha value is -2.60. The maximum atomic E-state index is 11.1. The third kappa shape index (κ3) is 3.05. The summed E-state index contributed by atoms with van der Waals surface area (Å²) in [4.78, 5) is 15.5. The number of nitrogen functional groups attached to an aromatic ring is 1. The van der Waals surface area contributed by atoms with Gasteiger partial charge in [0, 0.05) is 12.1 Å². The van der Waals surface area contributed by atoms with Crippen molar-refractivity contribution in [2.45, 2.75) is 13.8 Å². The number of rotatable bonds is 5. The Labute approximate surface area is 144 Å². The summed E-state index contributed by atoms with van der Waals surface area (Å²) in [6.07, 6.45) is 0. The second kappa shape index (κ2) is 6.49. The van der Waals surface area contributed by atoms with E-state index in [0.29, 0.717) is 45.5 Å². The molecule has 3 rings (SSSR count). The van der Waals surface area contributed by atoms with Crippen molar-refractivity contribution < 1.29 is 4.42 Å². The van der Waals surface area contributed by atoms with Crippen molar-refractivity contribution in [3.05, 3.63) is 46.3 Å². The normalized spacial score (nSPS) is 11.2. The topological polar surface area (TPSA) is 84.7 Å². The molecule has 0 atom stereocenters. The summed E-state index contributed by atoms with van der Waals surface area (Å²) in [5.74, 6) is 0.701. The number of hydrogen-bond acceptors (Lipinski definition) is 5. The van der Waals surface area contributed by atoms with Crippen LogP contribution in [0.3, 0.4) is 0 Å². The summed E-state index contributed by atoms with van der Waals surface area (Å²) in [6.45, 7) is 4.50. The largest absolute Gasteiger partial charge is 0.436 e. The molecule has 0 amide bonds. The standard InChI is InChI=1S/C17H17ClN4O2/c1-10(2)9-22(21-23)14-7-6-11(8-13(14)19)17-20-16-12(18)4-3-5-15(16)24-17/h3-8,10H,9,19H2,1-2H3. The lowest BCUT2D eigenvalue weighted by atomic mass is 10.1. The first-order valence-corrected chi connectivity index (χ1v) is 7.93. The van der Waals surface area contributed by atoms with Gasteiger partial charge in [0.15, 0.2) is 5.58 Å². The van der Waals surface area contributed by atoms with Crippen molar-refractivity contribution in [3.8, 4) is 11.5 Å². The molecule has 124 valence electrons. The van der Waals surface area contributed by atoms with E-state index >= 15 is 0 Å². The molecule has 1 heterocycles. The minimum Gasteiger partial charge on any atom is -0.436 e. The molecular formula is C17H17ClN4O2. The summed E-state index contributed by atoms with van der Waals surface area (Å²) in [6, 6.07) is 10.6. The molecular weight excluding hydrogens is 328 g/mol. The Morgan fingerprint density at radius 3 is 2.75 bits per heavy atom. The van der Waals surface area contributed by atoms with Gasteiger partial charge in [-0.1, -0.05) is 31.5 Å². The van der Waals surface area contributed by atoms with E-state index in [1.54, 1.807) is 36.4 Å². The van der Waals surface area contributed by atoms with Gasteiger partial charge in [0.25, 0.3) is 0 Å². The zero-order valence-electron chi connectivity index (χ0n) is 13.4. The highest BCUT2D eigenvalue weighted by Crippen LogP contribution is 2.33. The predicted molar refractivity (Wildman–Crippen MR) is 96.8 cm³/mol. The van der Waals surface area contributed by atoms with Gasteiger partial charge in [-0.3, -0.25) is 0 Å². The highest BCUT2D eigenvalue weighted by atomic mass is 35.5. The molecule has 0 aliphatic carbocycles. The molecule has 0 spiro atoms. The van der Waals surface area contributed by atoms with Crippen molar-refractivity contribution in [1.29, 1.82) is 0 Å². The van der Waals surface area contributed by atoms with E-state index in [-0.39, 0.29) is 5.92 Å². The van der Waals surface area contributed by atoms with Gasteiger partial charge in [0.1, 0.15) is 5.52 Å². The molecule has 0 saturated carbocycles. The van der Waals surface area contributed by atoms with Crippen LogP contribution in [0.4, 0.5) is 11.4 Å². The molecule has 6 nitrogen and oxygen atoms in total. The Balaban J connectivity index is 1.99. The molecule has 24 heavy (non-hydrogen) atoms. The molecule has 0 saturated heterocycles. The van der Waals surface area contributed by atoms with Crippen LogP contribution in [0.5, 0.6) is 0 Å². The van der Waals surface area contributed by atoms with E-state index in [0.717, 1.165) is 0 Å². The lowest BCUT2D eigenvalue weighted by Gasteiger charge is -2.19. The van der Waals surface area contributed by atoms with Crippen LogP contribution < -0.4 is 10.7 Å². The highest BCUT2D eigenvalue weighted by molar-refractivity contribution is 6.34. The Morgan fingerprint density at radius 2 is 2.12 bits per heavy atom. The number of nitroso groups, excluding NO2 is 1. The lowest BCUT2D eigenvalue weighted by Crippen LogP contribution is -2.22. The van der Waals surface area contributed by atoms with Crippen molar-refractivity contribution in [2.75, 3.05) is 17.3 Å². The quantitative estimate of drug-likeness (QED) is 0.405. The summed E-state index contributed by atoms with van der Waals surface area (Å²) in [5.41, 5.74) is 9.02. The Kier molecular flexibility index (Phi) is 4.40. The number of hydrogen-bond donors (Lipinski definition) is 1. The van der Waals surface area contributed by atoms with Crippen molar-refractivity contribution >= 4 is 34.1 Å². The van der Waals surface area contributed by atoms with Gasteiger partial charge < -0.3 is 10.2 Å². The van der Waals surface area contributed by atoms with E-state index in [1.807, 2.05) is 13.8 Å². The first-order chi connectivity index (χ1) is 11.5. The number of anilines is 2. The number of aromatic nitrogens is 1. The number of para-hydroxylation sites is 1. The first kappa shape index (κ1) is 16.3. The zero-order chi connectivity index (χ0) is 17.3. The van der Waals surface area contributed by atoms with Gasteiger partial charge in [-0.2, -0.15) is 0 Å². The number of nitrogens with two attached hydrogens (primary N) is 1. The van der Waals surface area contributed by atoms with Crippen LogP contribution in [0, 0.1) is 10.8 Å². The fourth-order valence-electron chi connectivity index (χ4n) is 2.48. The second-order valence-electron chi connectivity index (χ2n) is 5.94. The third-order valence-corrected chi connectivity index (χ3v) is 3.86. The number of halogens is 1. The van der Waals surface area contributed by atoms with Crippen molar-refractivity contribution in [3.63, 3.8) is 0 Å². The fourth-order valence-corrected chi connectivity index (χ4v) is 2.69. The second-order valence-corrected chi connectivity index (χ2v) is 6.34.